The van der Waals surface area contributed by atoms with Gasteiger partial charge in [-0.15, -0.1) is 0 Å². The standard InChI is InChI=1S/C13H19N5O7/c1-22-2-3-23-25-9-8(20)6(4-19)24-12(9)18-5-15-7-10(18)16-13(14)17-11(7)21/h5-6,8-9,12,19-20H,2-4H2,1H3,(H3,14,16,17,21)/t6-,8-,9-,12-/m1/s1. The topological polar surface area (TPSA) is 167 Å². The first kappa shape index (κ1) is 17.7. The molecule has 0 aliphatic carbocycles. The van der Waals surface area contributed by atoms with E-state index in [0.717, 1.165) is 0 Å². The van der Waals surface area contributed by atoms with Crippen LogP contribution in [0.3, 0.4) is 0 Å². The Morgan fingerprint density at radius 3 is 3.00 bits per heavy atom. The molecule has 1 aliphatic rings. The number of aliphatic hydroxyl groups is 2. The van der Waals surface area contributed by atoms with Gasteiger partial charge in [0, 0.05) is 7.11 Å². The minimum absolute atomic E-state index is 0.0544. The molecule has 0 bridgehead atoms. The number of hydrogen-bond acceptors (Lipinski definition) is 10. The number of aromatic nitrogens is 4. The van der Waals surface area contributed by atoms with E-state index in [1.807, 2.05) is 0 Å². The van der Waals surface area contributed by atoms with E-state index in [1.54, 1.807) is 0 Å². The summed E-state index contributed by atoms with van der Waals surface area (Å²) in [5, 5.41) is 19.7. The molecular weight excluding hydrogens is 338 g/mol. The Morgan fingerprint density at radius 1 is 1.48 bits per heavy atom. The number of rotatable bonds is 7. The molecule has 1 aliphatic heterocycles. The van der Waals surface area contributed by atoms with Gasteiger partial charge >= 0.3 is 0 Å². The monoisotopic (exact) mass is 357 g/mol. The van der Waals surface area contributed by atoms with E-state index in [9.17, 15) is 15.0 Å². The first-order chi connectivity index (χ1) is 12.1. The Morgan fingerprint density at radius 2 is 2.28 bits per heavy atom. The van der Waals surface area contributed by atoms with Gasteiger partial charge in [0.15, 0.2) is 23.5 Å². The van der Waals surface area contributed by atoms with Crippen molar-refractivity contribution < 1.29 is 29.5 Å². The van der Waals surface area contributed by atoms with Gasteiger partial charge in [-0.2, -0.15) is 4.98 Å². The second-order valence-electron chi connectivity index (χ2n) is 5.39. The number of methoxy groups -OCH3 is 1. The van der Waals surface area contributed by atoms with E-state index in [4.69, 9.17) is 25.0 Å². The molecule has 138 valence electrons. The highest BCUT2D eigenvalue weighted by molar-refractivity contribution is 5.70. The zero-order valence-electron chi connectivity index (χ0n) is 13.4. The van der Waals surface area contributed by atoms with Crippen LogP contribution in [0.4, 0.5) is 5.95 Å². The summed E-state index contributed by atoms with van der Waals surface area (Å²) in [5.41, 5.74) is 5.28. The van der Waals surface area contributed by atoms with Crippen LogP contribution in [-0.4, -0.2) is 75.0 Å². The largest absolute Gasteiger partial charge is 0.394 e. The van der Waals surface area contributed by atoms with E-state index in [1.165, 1.54) is 18.0 Å². The van der Waals surface area contributed by atoms with Crippen molar-refractivity contribution in [1.29, 1.82) is 0 Å². The maximum atomic E-state index is 11.9. The molecule has 2 aromatic rings. The third kappa shape index (κ3) is 3.35. The highest BCUT2D eigenvalue weighted by Gasteiger charge is 2.47. The van der Waals surface area contributed by atoms with Crippen molar-refractivity contribution in [3.63, 3.8) is 0 Å². The van der Waals surface area contributed by atoms with E-state index >= 15 is 0 Å². The Labute approximate surface area is 141 Å². The van der Waals surface area contributed by atoms with Gasteiger partial charge in [0.2, 0.25) is 5.95 Å². The maximum absolute atomic E-state index is 11.9. The smallest absolute Gasteiger partial charge is 0.280 e. The summed E-state index contributed by atoms with van der Waals surface area (Å²) in [6.07, 6.45) is -2.69. The van der Waals surface area contributed by atoms with Crippen molar-refractivity contribution in [1.82, 2.24) is 19.5 Å². The molecule has 1 saturated heterocycles. The normalized spacial score (nSPS) is 26.5. The molecule has 0 spiro atoms. The van der Waals surface area contributed by atoms with Gasteiger partial charge < -0.3 is 25.4 Å². The summed E-state index contributed by atoms with van der Waals surface area (Å²) in [6, 6.07) is 0. The van der Waals surface area contributed by atoms with Crippen molar-refractivity contribution in [2.45, 2.75) is 24.5 Å². The van der Waals surface area contributed by atoms with Crippen molar-refractivity contribution in [3.05, 3.63) is 16.7 Å². The van der Waals surface area contributed by atoms with Gasteiger partial charge in [-0.1, -0.05) is 0 Å². The maximum Gasteiger partial charge on any atom is 0.280 e. The second kappa shape index (κ2) is 7.43. The number of hydrogen-bond donors (Lipinski definition) is 4. The Bertz CT molecular complexity index is 778. The van der Waals surface area contributed by atoms with Crippen LogP contribution in [0.5, 0.6) is 0 Å². The Kier molecular flexibility index (Phi) is 5.27. The number of aliphatic hydroxyl groups excluding tert-OH is 2. The predicted molar refractivity (Wildman–Crippen MR) is 82.3 cm³/mol. The quantitative estimate of drug-likeness (QED) is 0.245. The zero-order valence-corrected chi connectivity index (χ0v) is 13.4. The third-order valence-electron chi connectivity index (χ3n) is 3.77. The molecule has 4 atom stereocenters. The molecule has 0 radical (unpaired) electrons. The van der Waals surface area contributed by atoms with Gasteiger partial charge in [-0.3, -0.25) is 14.3 Å². The fourth-order valence-corrected chi connectivity index (χ4v) is 2.57. The average molecular weight is 357 g/mol. The van der Waals surface area contributed by atoms with Gasteiger partial charge in [0.25, 0.3) is 5.56 Å². The molecule has 0 aromatic carbocycles. The molecule has 0 saturated carbocycles. The van der Waals surface area contributed by atoms with Crippen molar-refractivity contribution >= 4 is 17.1 Å². The molecule has 2 aromatic heterocycles. The minimum atomic E-state index is -1.17. The molecule has 12 heteroatoms. The number of ether oxygens (including phenoxy) is 2. The fourth-order valence-electron chi connectivity index (χ4n) is 2.57. The summed E-state index contributed by atoms with van der Waals surface area (Å²) in [4.78, 5) is 32.5. The van der Waals surface area contributed by atoms with Gasteiger partial charge in [-0.05, 0) is 0 Å². The van der Waals surface area contributed by atoms with Crippen molar-refractivity contribution in [2.24, 2.45) is 0 Å². The lowest BCUT2D eigenvalue weighted by Gasteiger charge is -2.20. The lowest BCUT2D eigenvalue weighted by Crippen LogP contribution is -2.35. The number of imidazole rings is 1. The average Bonchev–Trinajstić information content (AvgIpc) is 3.13. The van der Waals surface area contributed by atoms with Crippen LogP contribution in [0.2, 0.25) is 0 Å². The molecule has 25 heavy (non-hydrogen) atoms. The highest BCUT2D eigenvalue weighted by Crippen LogP contribution is 2.33. The first-order valence-corrected chi connectivity index (χ1v) is 7.50. The number of H-pyrrole nitrogens is 1. The number of nitrogen functional groups attached to an aromatic ring is 1. The fraction of sp³-hybridized carbons (Fsp3) is 0.615. The van der Waals surface area contributed by atoms with Crippen LogP contribution in [0.15, 0.2) is 11.1 Å². The minimum Gasteiger partial charge on any atom is -0.394 e. The third-order valence-corrected chi connectivity index (χ3v) is 3.77. The Balaban J connectivity index is 1.91. The lowest BCUT2D eigenvalue weighted by molar-refractivity contribution is -0.347. The number of fused-ring (bicyclic) bond motifs is 1. The number of nitrogens with zero attached hydrogens (tertiary/aromatic N) is 3. The van der Waals surface area contributed by atoms with Crippen LogP contribution >= 0.6 is 0 Å². The number of anilines is 1. The van der Waals surface area contributed by atoms with Gasteiger partial charge in [-0.25, -0.2) is 14.8 Å². The lowest BCUT2D eigenvalue weighted by atomic mass is 10.1. The van der Waals surface area contributed by atoms with E-state index in [2.05, 4.69) is 15.0 Å². The zero-order chi connectivity index (χ0) is 18.0. The number of aromatic amines is 1. The molecule has 12 nitrogen and oxygen atoms in total. The Hall–Kier alpha value is -2.09. The molecule has 5 N–H and O–H groups in total. The molecule has 1 fully saturated rings. The SMILES string of the molecule is COCCOO[C@@H]1[C@H](O)[C@@H](CO)O[C@H]1n1cnc2c(=O)[nH]c(N)nc21. The van der Waals surface area contributed by atoms with Crippen LogP contribution in [0.25, 0.3) is 11.2 Å². The van der Waals surface area contributed by atoms with Crippen molar-refractivity contribution in [2.75, 3.05) is 32.7 Å². The predicted octanol–water partition coefficient (Wildman–Crippen LogP) is -2.08. The molecule has 3 rings (SSSR count). The van der Waals surface area contributed by atoms with E-state index in [0.29, 0.717) is 6.61 Å². The molecule has 3 heterocycles. The summed E-state index contributed by atoms with van der Waals surface area (Å²) < 4.78 is 11.9. The van der Waals surface area contributed by atoms with Crippen LogP contribution < -0.4 is 11.3 Å². The highest BCUT2D eigenvalue weighted by atomic mass is 17.2. The van der Waals surface area contributed by atoms with Gasteiger partial charge in [0.1, 0.15) is 18.8 Å². The summed E-state index contributed by atoms with van der Waals surface area (Å²) >= 11 is 0. The molecule has 0 unspecified atom stereocenters. The number of nitrogens with two attached hydrogens (primary N) is 1. The van der Waals surface area contributed by atoms with E-state index in [-0.39, 0.29) is 23.7 Å². The summed E-state index contributed by atoms with van der Waals surface area (Å²) in [5.74, 6) is -0.0923. The summed E-state index contributed by atoms with van der Waals surface area (Å²) in [6.45, 7) is -0.0105. The molecule has 0 amide bonds. The second-order valence-corrected chi connectivity index (χ2v) is 5.39. The van der Waals surface area contributed by atoms with E-state index < -0.39 is 36.7 Å². The molecular formula is C13H19N5O7. The van der Waals surface area contributed by atoms with Crippen LogP contribution in [0, 0.1) is 0 Å². The van der Waals surface area contributed by atoms with Crippen LogP contribution in [0.1, 0.15) is 6.23 Å². The first-order valence-electron chi connectivity index (χ1n) is 7.50. The van der Waals surface area contributed by atoms with Gasteiger partial charge in [0.05, 0.1) is 19.5 Å². The number of nitrogens with one attached hydrogen (secondary N) is 1. The van der Waals surface area contributed by atoms with Crippen molar-refractivity contribution in [3.8, 4) is 0 Å². The summed E-state index contributed by atoms with van der Waals surface area (Å²) in [7, 11) is 1.51. The van der Waals surface area contributed by atoms with Crippen LogP contribution in [-0.2, 0) is 19.2 Å².